The van der Waals surface area contributed by atoms with Gasteiger partial charge in [-0.2, -0.15) is 0 Å². The van der Waals surface area contributed by atoms with Gasteiger partial charge in [0.25, 0.3) is 0 Å². The normalized spacial score (nSPS) is 25.4. The van der Waals surface area contributed by atoms with Crippen molar-refractivity contribution in [3.05, 3.63) is 35.1 Å². The van der Waals surface area contributed by atoms with Gasteiger partial charge in [0.2, 0.25) is 0 Å². The van der Waals surface area contributed by atoms with Crippen LogP contribution >= 0.6 is 0 Å². The number of piperazine rings is 1. The first-order chi connectivity index (χ1) is 11.1. The highest BCUT2D eigenvalue weighted by Gasteiger charge is 2.27. The van der Waals surface area contributed by atoms with Crippen molar-refractivity contribution in [1.82, 2.24) is 15.1 Å². The lowest BCUT2D eigenvalue weighted by Crippen LogP contribution is -2.48. The molecule has 0 bridgehead atoms. The summed E-state index contributed by atoms with van der Waals surface area (Å²) in [4.78, 5) is 5.18. The molecule has 2 saturated heterocycles. The minimum Gasteiger partial charge on any atom is -0.314 e. The largest absolute Gasteiger partial charge is 0.314 e. The molecule has 0 amide bonds. The summed E-state index contributed by atoms with van der Waals surface area (Å²) in [5.41, 5.74) is 2.04. The van der Waals surface area contributed by atoms with Gasteiger partial charge in [-0.05, 0) is 49.4 Å². The molecule has 2 aliphatic rings. The standard InChI is InChI=1S/C19H30FN3/c1-15-4-3-9-23(13-15)19(14-22-10-7-21-8-11-22)17-5-6-18(20)16(2)12-17/h5-6,12,15,19,21H,3-4,7-11,13-14H2,1-2H3. The maximum atomic E-state index is 13.7. The van der Waals surface area contributed by atoms with Crippen LogP contribution in [0, 0.1) is 18.7 Å². The molecule has 0 saturated carbocycles. The molecule has 1 N–H and O–H groups in total. The summed E-state index contributed by atoms with van der Waals surface area (Å²) in [5, 5.41) is 3.43. The number of nitrogens with one attached hydrogen (secondary N) is 1. The van der Waals surface area contributed by atoms with Crippen LogP contribution in [0.25, 0.3) is 0 Å². The molecule has 2 fully saturated rings. The fourth-order valence-corrected chi connectivity index (χ4v) is 3.95. The van der Waals surface area contributed by atoms with Crippen LogP contribution in [-0.2, 0) is 0 Å². The van der Waals surface area contributed by atoms with Crippen molar-refractivity contribution in [2.75, 3.05) is 45.8 Å². The number of benzene rings is 1. The quantitative estimate of drug-likeness (QED) is 0.921. The first-order valence-corrected chi connectivity index (χ1v) is 9.06. The van der Waals surface area contributed by atoms with E-state index in [-0.39, 0.29) is 5.82 Å². The molecule has 0 aromatic heterocycles. The van der Waals surface area contributed by atoms with Gasteiger partial charge in [0, 0.05) is 45.3 Å². The Hall–Kier alpha value is -0.970. The van der Waals surface area contributed by atoms with Crippen LogP contribution in [0.2, 0.25) is 0 Å². The number of aryl methyl sites for hydroxylation is 1. The molecule has 0 aliphatic carbocycles. The number of hydrogen-bond donors (Lipinski definition) is 1. The smallest absolute Gasteiger partial charge is 0.126 e. The van der Waals surface area contributed by atoms with Gasteiger partial charge in [0.05, 0.1) is 0 Å². The molecular formula is C19H30FN3. The summed E-state index contributed by atoms with van der Waals surface area (Å²) < 4.78 is 13.7. The van der Waals surface area contributed by atoms with Crippen LogP contribution in [0.3, 0.4) is 0 Å². The molecular weight excluding hydrogens is 289 g/mol. The van der Waals surface area contributed by atoms with Crippen molar-refractivity contribution in [2.45, 2.75) is 32.7 Å². The number of nitrogens with zero attached hydrogens (tertiary/aromatic N) is 2. The Labute approximate surface area is 139 Å². The summed E-state index contributed by atoms with van der Waals surface area (Å²) in [6, 6.07) is 6.08. The fourth-order valence-electron chi connectivity index (χ4n) is 3.95. The predicted octanol–water partition coefficient (Wildman–Crippen LogP) is 2.81. The van der Waals surface area contributed by atoms with Crippen LogP contribution in [0.1, 0.15) is 36.9 Å². The fraction of sp³-hybridized carbons (Fsp3) is 0.684. The molecule has 1 aromatic carbocycles. The van der Waals surface area contributed by atoms with Gasteiger partial charge >= 0.3 is 0 Å². The van der Waals surface area contributed by atoms with Crippen LogP contribution < -0.4 is 5.32 Å². The molecule has 4 heteroatoms. The van der Waals surface area contributed by atoms with E-state index in [9.17, 15) is 4.39 Å². The highest BCUT2D eigenvalue weighted by Crippen LogP contribution is 2.29. The van der Waals surface area contributed by atoms with Gasteiger partial charge < -0.3 is 5.32 Å². The molecule has 23 heavy (non-hydrogen) atoms. The molecule has 2 atom stereocenters. The van der Waals surface area contributed by atoms with Gasteiger partial charge in [0.15, 0.2) is 0 Å². The Morgan fingerprint density at radius 3 is 2.74 bits per heavy atom. The summed E-state index contributed by atoms with van der Waals surface area (Å²) in [6.07, 6.45) is 2.61. The number of likely N-dealkylation sites (tertiary alicyclic amines) is 1. The number of hydrogen-bond acceptors (Lipinski definition) is 3. The Kier molecular flexibility index (Phi) is 5.67. The average molecular weight is 319 g/mol. The van der Waals surface area contributed by atoms with E-state index in [2.05, 4.69) is 28.1 Å². The van der Waals surface area contributed by atoms with Gasteiger partial charge in [-0.15, -0.1) is 0 Å². The van der Waals surface area contributed by atoms with Crippen molar-refractivity contribution in [1.29, 1.82) is 0 Å². The van der Waals surface area contributed by atoms with Crippen molar-refractivity contribution in [2.24, 2.45) is 5.92 Å². The molecule has 1 aromatic rings. The Morgan fingerprint density at radius 2 is 2.04 bits per heavy atom. The van der Waals surface area contributed by atoms with E-state index in [1.165, 1.54) is 18.4 Å². The van der Waals surface area contributed by atoms with E-state index in [1.54, 1.807) is 6.07 Å². The van der Waals surface area contributed by atoms with E-state index in [4.69, 9.17) is 0 Å². The van der Waals surface area contributed by atoms with E-state index < -0.39 is 0 Å². The Balaban J connectivity index is 1.80. The SMILES string of the molecule is Cc1cc(C(CN2CCNCC2)N2CCCC(C)C2)ccc1F. The third kappa shape index (κ3) is 4.31. The third-order valence-corrected chi connectivity index (χ3v) is 5.34. The average Bonchev–Trinajstić information content (AvgIpc) is 2.56. The van der Waals surface area contributed by atoms with Gasteiger partial charge in [-0.3, -0.25) is 9.80 Å². The van der Waals surface area contributed by atoms with Gasteiger partial charge in [0.1, 0.15) is 5.82 Å². The molecule has 3 nitrogen and oxygen atoms in total. The van der Waals surface area contributed by atoms with Crippen molar-refractivity contribution < 1.29 is 4.39 Å². The molecule has 3 rings (SSSR count). The second-order valence-corrected chi connectivity index (χ2v) is 7.32. The highest BCUT2D eigenvalue weighted by molar-refractivity contribution is 5.27. The van der Waals surface area contributed by atoms with Gasteiger partial charge in [-0.1, -0.05) is 19.1 Å². The summed E-state index contributed by atoms with van der Waals surface area (Å²) >= 11 is 0. The highest BCUT2D eigenvalue weighted by atomic mass is 19.1. The van der Waals surface area contributed by atoms with Crippen molar-refractivity contribution in [3.8, 4) is 0 Å². The lowest BCUT2D eigenvalue weighted by atomic mass is 9.95. The molecule has 0 spiro atoms. The van der Waals surface area contributed by atoms with Crippen LogP contribution in [0.15, 0.2) is 18.2 Å². The minimum absolute atomic E-state index is 0.0957. The minimum atomic E-state index is -0.0957. The third-order valence-electron chi connectivity index (χ3n) is 5.34. The molecule has 128 valence electrons. The maximum Gasteiger partial charge on any atom is 0.126 e. The zero-order valence-corrected chi connectivity index (χ0v) is 14.5. The molecule has 2 unspecified atom stereocenters. The summed E-state index contributed by atoms with van der Waals surface area (Å²) in [7, 11) is 0. The number of rotatable bonds is 4. The van der Waals surface area contributed by atoms with Crippen LogP contribution in [0.4, 0.5) is 4.39 Å². The zero-order chi connectivity index (χ0) is 16.2. The molecule has 2 aliphatic heterocycles. The molecule has 2 heterocycles. The van der Waals surface area contributed by atoms with E-state index in [0.29, 0.717) is 6.04 Å². The van der Waals surface area contributed by atoms with E-state index in [1.807, 2.05) is 13.0 Å². The Bertz CT molecular complexity index is 513. The lowest BCUT2D eigenvalue weighted by Gasteiger charge is -2.41. The number of halogens is 1. The van der Waals surface area contributed by atoms with E-state index in [0.717, 1.165) is 57.3 Å². The zero-order valence-electron chi connectivity index (χ0n) is 14.5. The van der Waals surface area contributed by atoms with Gasteiger partial charge in [-0.25, -0.2) is 4.39 Å². The topological polar surface area (TPSA) is 18.5 Å². The second-order valence-electron chi connectivity index (χ2n) is 7.32. The van der Waals surface area contributed by atoms with Crippen LogP contribution in [-0.4, -0.2) is 55.6 Å². The first-order valence-electron chi connectivity index (χ1n) is 9.06. The Morgan fingerprint density at radius 1 is 1.26 bits per heavy atom. The summed E-state index contributed by atoms with van der Waals surface area (Å²) in [5.74, 6) is 0.664. The van der Waals surface area contributed by atoms with Crippen LogP contribution in [0.5, 0.6) is 0 Å². The maximum absolute atomic E-state index is 13.7. The number of piperidine rings is 1. The molecule has 0 radical (unpaired) electrons. The lowest BCUT2D eigenvalue weighted by molar-refractivity contribution is 0.0912. The van der Waals surface area contributed by atoms with Crippen molar-refractivity contribution in [3.63, 3.8) is 0 Å². The second kappa shape index (κ2) is 7.73. The van der Waals surface area contributed by atoms with Crippen molar-refractivity contribution >= 4 is 0 Å². The first kappa shape index (κ1) is 16.9. The monoisotopic (exact) mass is 319 g/mol. The summed E-state index contributed by atoms with van der Waals surface area (Å²) in [6.45, 7) is 12.0. The van der Waals surface area contributed by atoms with E-state index >= 15 is 0 Å². The predicted molar refractivity (Wildman–Crippen MR) is 93.2 cm³/mol.